The van der Waals surface area contributed by atoms with Crippen LogP contribution in [0.3, 0.4) is 0 Å². The van der Waals surface area contributed by atoms with E-state index in [4.69, 9.17) is 26.3 Å². The van der Waals surface area contributed by atoms with Gasteiger partial charge < -0.3 is 19.3 Å². The minimum Gasteiger partial charge on any atom is -0.489 e. The Hall–Kier alpha value is -3.48. The lowest BCUT2D eigenvalue weighted by Crippen LogP contribution is -2.44. The molecule has 0 fully saturated rings. The number of carbonyl (C=O) groups is 1. The first-order valence-electron chi connectivity index (χ1n) is 10.5. The average molecular weight is 506 g/mol. The molecule has 0 spiro atoms. The fraction of sp³-hybridized carbons (Fsp3) is 0.280. The topological polar surface area (TPSA) is 65.8 Å². The first-order valence-corrected chi connectivity index (χ1v) is 10.9. The predicted octanol–water partition coefficient (Wildman–Crippen LogP) is 5.66. The van der Waals surface area contributed by atoms with Crippen LogP contribution in [0.5, 0.6) is 5.75 Å². The molecule has 1 aliphatic rings. The van der Waals surface area contributed by atoms with Crippen molar-refractivity contribution in [1.29, 1.82) is 5.26 Å². The zero-order chi connectivity index (χ0) is 25.8. The van der Waals surface area contributed by atoms with Crippen LogP contribution in [0.25, 0.3) is 0 Å². The molecule has 1 unspecified atom stereocenters. The molecule has 1 atom stereocenters. The summed E-state index contributed by atoms with van der Waals surface area (Å²) in [6, 6.07) is 8.96. The number of nitriles is 1. The standard InChI is InChI=1S/C25H23ClF3N3O3/c1-16-5-4-6-21(35-12-11-34-3)23(16)31(2)24(33)19-8-7-18(26)14-20(19)32-10-9-17(15-30)13-22(32)25(27,28)29/h4-10,13-14,22H,11-12H2,1-3H3. The summed E-state index contributed by atoms with van der Waals surface area (Å²) in [5, 5.41) is 9.25. The third-order valence-electron chi connectivity index (χ3n) is 5.37. The number of halogens is 4. The number of hydrogen-bond donors (Lipinski definition) is 0. The molecule has 0 aliphatic carbocycles. The maximum atomic E-state index is 13.9. The van der Waals surface area contributed by atoms with E-state index in [9.17, 15) is 18.0 Å². The number of carbonyl (C=O) groups excluding carboxylic acids is 1. The molecular formula is C25H23ClF3N3O3. The van der Waals surface area contributed by atoms with Gasteiger partial charge in [0, 0.05) is 25.4 Å². The van der Waals surface area contributed by atoms with Gasteiger partial charge in [0.15, 0.2) is 0 Å². The van der Waals surface area contributed by atoms with E-state index in [2.05, 4.69) is 0 Å². The molecule has 0 N–H and O–H groups in total. The Morgan fingerprint density at radius 3 is 2.66 bits per heavy atom. The molecule has 35 heavy (non-hydrogen) atoms. The van der Waals surface area contributed by atoms with Gasteiger partial charge in [-0.25, -0.2) is 0 Å². The lowest BCUT2D eigenvalue weighted by atomic mass is 10.0. The molecule has 0 saturated carbocycles. The zero-order valence-electron chi connectivity index (χ0n) is 19.3. The fourth-order valence-corrected chi connectivity index (χ4v) is 3.88. The average Bonchev–Trinajstić information content (AvgIpc) is 2.82. The second-order valence-corrected chi connectivity index (χ2v) is 8.17. The van der Waals surface area contributed by atoms with E-state index < -0.39 is 18.1 Å². The van der Waals surface area contributed by atoms with Gasteiger partial charge in [-0.05, 0) is 48.9 Å². The van der Waals surface area contributed by atoms with Gasteiger partial charge in [-0.2, -0.15) is 18.4 Å². The number of hydrogen-bond acceptors (Lipinski definition) is 5. The fourth-order valence-electron chi connectivity index (χ4n) is 3.71. The Labute approximate surface area is 206 Å². The van der Waals surface area contributed by atoms with Gasteiger partial charge in [-0.15, -0.1) is 0 Å². The van der Waals surface area contributed by atoms with E-state index in [0.29, 0.717) is 18.0 Å². The van der Waals surface area contributed by atoms with Crippen LogP contribution < -0.4 is 14.5 Å². The number of allylic oxidation sites excluding steroid dienone is 2. The van der Waals surface area contributed by atoms with Crippen molar-refractivity contribution in [3.63, 3.8) is 0 Å². The van der Waals surface area contributed by atoms with Crippen molar-refractivity contribution in [3.05, 3.63) is 76.5 Å². The lowest BCUT2D eigenvalue weighted by Gasteiger charge is -2.34. The molecular weight excluding hydrogens is 483 g/mol. The summed E-state index contributed by atoms with van der Waals surface area (Å²) in [6.07, 6.45) is -1.52. The van der Waals surface area contributed by atoms with Gasteiger partial charge in [-0.1, -0.05) is 23.7 Å². The molecule has 1 heterocycles. The maximum Gasteiger partial charge on any atom is 0.412 e. The molecule has 2 aromatic carbocycles. The SMILES string of the molecule is COCCOc1cccc(C)c1N(C)C(=O)c1ccc(Cl)cc1N1C=CC(C#N)=CC1C(F)(F)F. The molecule has 6 nitrogen and oxygen atoms in total. The number of ether oxygens (including phenoxy) is 2. The van der Waals surface area contributed by atoms with Crippen molar-refractivity contribution in [2.75, 3.05) is 37.2 Å². The third-order valence-corrected chi connectivity index (χ3v) is 5.61. The summed E-state index contributed by atoms with van der Waals surface area (Å²) < 4.78 is 52.5. The smallest absolute Gasteiger partial charge is 0.412 e. The highest BCUT2D eigenvalue weighted by Gasteiger charge is 2.44. The number of rotatable bonds is 7. The van der Waals surface area contributed by atoms with Crippen LogP contribution >= 0.6 is 11.6 Å². The van der Waals surface area contributed by atoms with Crippen molar-refractivity contribution in [1.82, 2.24) is 0 Å². The Bertz CT molecular complexity index is 1200. The normalized spacial score (nSPS) is 15.4. The zero-order valence-corrected chi connectivity index (χ0v) is 20.0. The number of para-hydroxylation sites is 1. The first-order chi connectivity index (χ1) is 16.6. The summed E-state index contributed by atoms with van der Waals surface area (Å²) in [5.74, 6) is -0.131. The Kier molecular flexibility index (Phi) is 8.10. The van der Waals surface area contributed by atoms with Gasteiger partial charge in [0.25, 0.3) is 5.91 Å². The van der Waals surface area contributed by atoms with Crippen LogP contribution in [0.15, 0.2) is 60.3 Å². The van der Waals surface area contributed by atoms with Gasteiger partial charge >= 0.3 is 6.18 Å². The van der Waals surface area contributed by atoms with Gasteiger partial charge in [0.2, 0.25) is 0 Å². The van der Waals surface area contributed by atoms with E-state index in [1.54, 1.807) is 31.2 Å². The Balaban J connectivity index is 2.06. The van der Waals surface area contributed by atoms with Gasteiger partial charge in [0.1, 0.15) is 18.4 Å². The van der Waals surface area contributed by atoms with E-state index in [1.807, 2.05) is 0 Å². The van der Waals surface area contributed by atoms with Crippen molar-refractivity contribution in [2.24, 2.45) is 0 Å². The molecule has 0 aromatic heterocycles. The number of methoxy groups -OCH3 is 1. The Morgan fingerprint density at radius 1 is 1.26 bits per heavy atom. The van der Waals surface area contributed by atoms with Crippen LogP contribution in [0.2, 0.25) is 5.02 Å². The summed E-state index contributed by atoms with van der Waals surface area (Å²) in [5.41, 5.74) is 1.03. The lowest BCUT2D eigenvalue weighted by molar-refractivity contribution is -0.137. The first kappa shape index (κ1) is 26.1. The number of amides is 1. The summed E-state index contributed by atoms with van der Waals surface area (Å²) >= 11 is 6.12. The molecule has 3 rings (SSSR count). The second kappa shape index (κ2) is 10.8. The monoisotopic (exact) mass is 505 g/mol. The highest BCUT2D eigenvalue weighted by molar-refractivity contribution is 6.31. The van der Waals surface area contributed by atoms with Crippen LogP contribution in [0.4, 0.5) is 24.5 Å². The number of alkyl halides is 3. The molecule has 1 aliphatic heterocycles. The maximum absolute atomic E-state index is 13.9. The number of nitrogens with zero attached hydrogens (tertiary/aromatic N) is 3. The second-order valence-electron chi connectivity index (χ2n) is 7.73. The summed E-state index contributed by atoms with van der Waals surface area (Å²) in [7, 11) is 3.06. The van der Waals surface area contributed by atoms with Gasteiger partial charge in [-0.3, -0.25) is 4.79 Å². The molecule has 0 radical (unpaired) electrons. The van der Waals surface area contributed by atoms with E-state index >= 15 is 0 Å². The summed E-state index contributed by atoms with van der Waals surface area (Å²) in [4.78, 5) is 15.9. The molecule has 0 bridgehead atoms. The third kappa shape index (κ3) is 5.78. The van der Waals surface area contributed by atoms with E-state index in [-0.39, 0.29) is 28.5 Å². The van der Waals surface area contributed by atoms with Crippen LogP contribution in [0.1, 0.15) is 15.9 Å². The summed E-state index contributed by atoms with van der Waals surface area (Å²) in [6.45, 7) is 2.39. The largest absolute Gasteiger partial charge is 0.489 e. The number of benzene rings is 2. The van der Waals surface area contributed by atoms with Crippen LogP contribution in [-0.4, -0.2) is 45.5 Å². The van der Waals surface area contributed by atoms with Gasteiger partial charge in [0.05, 0.1) is 35.2 Å². The molecule has 0 saturated heterocycles. The van der Waals surface area contributed by atoms with E-state index in [1.165, 1.54) is 43.3 Å². The highest BCUT2D eigenvalue weighted by atomic mass is 35.5. The quantitative estimate of drug-likeness (QED) is 0.454. The minimum atomic E-state index is -4.71. The van der Waals surface area contributed by atoms with E-state index in [0.717, 1.165) is 22.7 Å². The minimum absolute atomic E-state index is 0.00398. The molecule has 10 heteroatoms. The molecule has 184 valence electrons. The number of aryl methyl sites for hydroxylation is 1. The van der Waals surface area contributed by atoms with Crippen molar-refractivity contribution >= 4 is 28.9 Å². The van der Waals surface area contributed by atoms with Crippen molar-refractivity contribution < 1.29 is 27.4 Å². The number of anilines is 2. The van der Waals surface area contributed by atoms with Crippen LogP contribution in [0, 0.1) is 18.3 Å². The molecule has 1 amide bonds. The predicted molar refractivity (Wildman–Crippen MR) is 128 cm³/mol. The molecule has 2 aromatic rings. The Morgan fingerprint density at radius 2 is 2.00 bits per heavy atom. The van der Waals surface area contributed by atoms with Crippen molar-refractivity contribution in [2.45, 2.75) is 19.1 Å². The van der Waals surface area contributed by atoms with Crippen LogP contribution in [-0.2, 0) is 4.74 Å². The van der Waals surface area contributed by atoms with Crippen molar-refractivity contribution in [3.8, 4) is 11.8 Å². The highest BCUT2D eigenvalue weighted by Crippen LogP contribution is 2.38.